The van der Waals surface area contributed by atoms with Gasteiger partial charge in [-0.2, -0.15) is 0 Å². The van der Waals surface area contributed by atoms with Crippen molar-refractivity contribution in [2.75, 3.05) is 19.5 Å². The van der Waals surface area contributed by atoms with Crippen molar-refractivity contribution in [2.45, 2.75) is 20.0 Å². The summed E-state index contributed by atoms with van der Waals surface area (Å²) in [7, 11) is 3.79. The summed E-state index contributed by atoms with van der Waals surface area (Å²) in [5, 5.41) is 1.81. The van der Waals surface area contributed by atoms with Crippen LogP contribution in [0, 0.1) is 0 Å². The smallest absolute Gasteiger partial charge is 0.218 e. The average molecular weight is 196 g/mol. The molecule has 0 unspecified atom stereocenters. The van der Waals surface area contributed by atoms with E-state index in [0.29, 0.717) is 5.88 Å². The van der Waals surface area contributed by atoms with Gasteiger partial charge >= 0.3 is 0 Å². The van der Waals surface area contributed by atoms with Crippen LogP contribution in [-0.4, -0.2) is 35.2 Å². The van der Waals surface area contributed by atoms with Crippen molar-refractivity contribution >= 4 is 5.82 Å². The Morgan fingerprint density at radius 1 is 1.36 bits per heavy atom. The van der Waals surface area contributed by atoms with E-state index < -0.39 is 0 Å². The van der Waals surface area contributed by atoms with Gasteiger partial charge in [-0.1, -0.05) is 0 Å². The number of nitrogens with zero attached hydrogens (tertiary/aromatic N) is 3. The predicted molar refractivity (Wildman–Crippen MR) is 55.1 cm³/mol. The third-order valence-electron chi connectivity index (χ3n) is 1.34. The number of rotatable bonds is 4. The highest BCUT2D eigenvalue weighted by molar-refractivity contribution is 5.35. The van der Waals surface area contributed by atoms with Crippen LogP contribution in [0.1, 0.15) is 13.8 Å². The van der Waals surface area contributed by atoms with Crippen LogP contribution in [0.3, 0.4) is 0 Å². The Labute approximate surface area is 84.1 Å². The lowest BCUT2D eigenvalue weighted by atomic mass is 10.5. The lowest BCUT2D eigenvalue weighted by Gasteiger charge is -2.13. The first-order valence-electron chi connectivity index (χ1n) is 4.50. The van der Waals surface area contributed by atoms with E-state index >= 15 is 0 Å². The van der Waals surface area contributed by atoms with Crippen LogP contribution >= 0.6 is 0 Å². The molecule has 1 rings (SSSR count). The molecule has 1 aromatic heterocycles. The summed E-state index contributed by atoms with van der Waals surface area (Å²) in [5.74, 6) is 1.31. The summed E-state index contributed by atoms with van der Waals surface area (Å²) < 4.78 is 5.43. The zero-order chi connectivity index (χ0) is 10.6. The van der Waals surface area contributed by atoms with Gasteiger partial charge in [0.2, 0.25) is 5.88 Å². The minimum atomic E-state index is 0.122. The molecule has 0 saturated carbocycles. The van der Waals surface area contributed by atoms with Crippen LogP contribution in [-0.2, 0) is 0 Å². The Morgan fingerprint density at radius 3 is 2.64 bits per heavy atom. The predicted octanol–water partition coefficient (Wildman–Crippen LogP) is 1.15. The number of anilines is 1. The molecule has 1 heterocycles. The Hall–Kier alpha value is -1.36. The van der Waals surface area contributed by atoms with E-state index in [0.717, 1.165) is 5.82 Å². The maximum atomic E-state index is 5.43. The molecular formula is C9H16N4O. The lowest BCUT2D eigenvalue weighted by Crippen LogP contribution is -2.20. The monoisotopic (exact) mass is 196 g/mol. The zero-order valence-corrected chi connectivity index (χ0v) is 8.98. The molecule has 1 aromatic rings. The van der Waals surface area contributed by atoms with Crippen LogP contribution in [0.2, 0.25) is 0 Å². The van der Waals surface area contributed by atoms with Gasteiger partial charge in [0, 0.05) is 20.2 Å². The number of ether oxygens (including phenoxy) is 1. The van der Waals surface area contributed by atoms with E-state index in [2.05, 4.69) is 15.4 Å². The highest BCUT2D eigenvalue weighted by Crippen LogP contribution is 2.12. The van der Waals surface area contributed by atoms with Gasteiger partial charge in [-0.25, -0.2) is 15.0 Å². The normalized spacial score (nSPS) is 10.7. The van der Waals surface area contributed by atoms with Gasteiger partial charge in [0.1, 0.15) is 12.1 Å². The Kier molecular flexibility index (Phi) is 3.64. The summed E-state index contributed by atoms with van der Waals surface area (Å²) in [6, 6.07) is 1.76. The summed E-state index contributed by atoms with van der Waals surface area (Å²) >= 11 is 0. The molecule has 0 amide bonds. The number of hydrogen-bond donors (Lipinski definition) is 1. The number of hydrogen-bond acceptors (Lipinski definition) is 5. The van der Waals surface area contributed by atoms with E-state index in [1.165, 1.54) is 6.33 Å². The van der Waals surface area contributed by atoms with E-state index in [1.807, 2.05) is 33.0 Å². The molecule has 0 aliphatic carbocycles. The molecule has 78 valence electrons. The standard InChI is InChI=1S/C9H16N4O/c1-7(2)14-9-5-8(10-6-11-9)12-13(3)4/h5-7H,1-4H3,(H,10,11,12). The molecule has 0 fully saturated rings. The fourth-order valence-electron chi connectivity index (χ4n) is 0.936. The summed E-state index contributed by atoms with van der Waals surface area (Å²) in [6.45, 7) is 3.92. The van der Waals surface area contributed by atoms with Crippen LogP contribution < -0.4 is 10.2 Å². The van der Waals surface area contributed by atoms with E-state index in [1.54, 1.807) is 6.07 Å². The molecule has 0 aliphatic heterocycles. The third-order valence-corrected chi connectivity index (χ3v) is 1.34. The quantitative estimate of drug-likeness (QED) is 0.732. The Morgan fingerprint density at radius 2 is 2.07 bits per heavy atom. The van der Waals surface area contributed by atoms with Crippen LogP contribution in [0.25, 0.3) is 0 Å². The van der Waals surface area contributed by atoms with Crippen LogP contribution in [0.15, 0.2) is 12.4 Å². The molecule has 0 saturated heterocycles. The van der Waals surface area contributed by atoms with Crippen molar-refractivity contribution in [1.82, 2.24) is 15.0 Å². The van der Waals surface area contributed by atoms with Crippen molar-refractivity contribution in [2.24, 2.45) is 0 Å². The second-order valence-corrected chi connectivity index (χ2v) is 3.41. The molecule has 14 heavy (non-hydrogen) atoms. The molecular weight excluding hydrogens is 180 g/mol. The first kappa shape index (κ1) is 10.7. The summed E-state index contributed by atoms with van der Waals surface area (Å²) in [5.41, 5.74) is 3.02. The summed E-state index contributed by atoms with van der Waals surface area (Å²) in [6.07, 6.45) is 1.60. The van der Waals surface area contributed by atoms with Crippen molar-refractivity contribution in [3.63, 3.8) is 0 Å². The molecule has 1 N–H and O–H groups in total. The van der Waals surface area contributed by atoms with Gasteiger partial charge in [-0.15, -0.1) is 0 Å². The first-order chi connectivity index (χ1) is 6.58. The average Bonchev–Trinajstić information content (AvgIpc) is 2.01. The minimum absolute atomic E-state index is 0.122. The van der Waals surface area contributed by atoms with E-state index in [-0.39, 0.29) is 6.10 Å². The second kappa shape index (κ2) is 4.76. The zero-order valence-electron chi connectivity index (χ0n) is 8.98. The SMILES string of the molecule is CC(C)Oc1cc(NN(C)C)ncn1. The highest BCUT2D eigenvalue weighted by atomic mass is 16.5. The second-order valence-electron chi connectivity index (χ2n) is 3.41. The molecule has 0 radical (unpaired) electrons. The fraction of sp³-hybridized carbons (Fsp3) is 0.556. The van der Waals surface area contributed by atoms with Gasteiger partial charge in [-0.05, 0) is 13.8 Å². The molecule has 0 spiro atoms. The van der Waals surface area contributed by atoms with Gasteiger partial charge < -0.3 is 10.2 Å². The van der Waals surface area contributed by atoms with Gasteiger partial charge in [0.05, 0.1) is 6.10 Å². The Balaban J connectivity index is 2.68. The molecule has 5 heteroatoms. The number of aromatic nitrogens is 2. The van der Waals surface area contributed by atoms with Crippen LogP contribution in [0.5, 0.6) is 5.88 Å². The highest BCUT2D eigenvalue weighted by Gasteiger charge is 2.01. The maximum Gasteiger partial charge on any atom is 0.218 e. The van der Waals surface area contributed by atoms with Crippen molar-refractivity contribution < 1.29 is 4.74 Å². The van der Waals surface area contributed by atoms with Crippen LogP contribution in [0.4, 0.5) is 5.82 Å². The van der Waals surface area contributed by atoms with E-state index in [4.69, 9.17) is 4.74 Å². The maximum absolute atomic E-state index is 5.43. The largest absolute Gasteiger partial charge is 0.475 e. The van der Waals surface area contributed by atoms with E-state index in [9.17, 15) is 0 Å². The van der Waals surface area contributed by atoms with Gasteiger partial charge in [0.15, 0.2) is 0 Å². The first-order valence-corrected chi connectivity index (χ1v) is 4.50. The minimum Gasteiger partial charge on any atom is -0.475 e. The third kappa shape index (κ3) is 3.57. The molecule has 5 nitrogen and oxygen atoms in total. The molecule has 0 aromatic carbocycles. The van der Waals surface area contributed by atoms with Gasteiger partial charge in [0.25, 0.3) is 0 Å². The van der Waals surface area contributed by atoms with Crippen molar-refractivity contribution in [3.8, 4) is 5.88 Å². The fourth-order valence-corrected chi connectivity index (χ4v) is 0.936. The molecule has 0 aliphatic rings. The van der Waals surface area contributed by atoms with Gasteiger partial charge in [-0.3, -0.25) is 0 Å². The lowest BCUT2D eigenvalue weighted by molar-refractivity contribution is 0.232. The Bertz CT molecular complexity index is 263. The van der Waals surface area contributed by atoms with Crippen molar-refractivity contribution in [3.05, 3.63) is 12.4 Å². The summed E-state index contributed by atoms with van der Waals surface area (Å²) in [4.78, 5) is 8.04. The topological polar surface area (TPSA) is 50.3 Å². The van der Waals surface area contributed by atoms with Crippen molar-refractivity contribution in [1.29, 1.82) is 0 Å². The molecule has 0 bridgehead atoms. The number of hydrazine groups is 1. The molecule has 0 atom stereocenters. The number of nitrogens with one attached hydrogen (secondary N) is 1.